The summed E-state index contributed by atoms with van der Waals surface area (Å²) >= 11 is 7.49. The first kappa shape index (κ1) is 25.1. The highest BCUT2D eigenvalue weighted by Crippen LogP contribution is 2.44. The molecule has 10 heteroatoms. The molecule has 0 bridgehead atoms. The average molecular weight is 560 g/mol. The average Bonchev–Trinajstić information content (AvgIpc) is 3.55. The zero-order valence-corrected chi connectivity index (χ0v) is 22.6. The highest BCUT2D eigenvalue weighted by atomic mass is 35.5. The van der Waals surface area contributed by atoms with Crippen molar-refractivity contribution in [2.75, 3.05) is 12.0 Å². The minimum Gasteiger partial charge on any atom is -0.493 e. The van der Waals surface area contributed by atoms with E-state index in [9.17, 15) is 9.59 Å². The van der Waals surface area contributed by atoms with Crippen molar-refractivity contribution < 1.29 is 18.7 Å². The normalized spacial score (nSPS) is 14.6. The number of amides is 1. The number of ether oxygens (including phenoxy) is 2. The molecule has 0 N–H and O–H groups in total. The minimum absolute atomic E-state index is 0.0311. The first-order chi connectivity index (χ1) is 19.0. The number of fused-ring (bicyclic) bond motifs is 2. The maximum absolute atomic E-state index is 13.8. The van der Waals surface area contributed by atoms with Crippen molar-refractivity contribution >= 4 is 44.9 Å². The fourth-order valence-corrected chi connectivity index (χ4v) is 5.63. The number of aromatic nitrogens is 2. The second kappa shape index (κ2) is 10.2. The Morgan fingerprint density at radius 3 is 2.59 bits per heavy atom. The van der Waals surface area contributed by atoms with E-state index in [4.69, 9.17) is 25.5 Å². The molecule has 0 aliphatic carbocycles. The van der Waals surface area contributed by atoms with Crippen LogP contribution in [-0.2, 0) is 13.0 Å². The van der Waals surface area contributed by atoms with Crippen LogP contribution < -0.4 is 19.8 Å². The molecule has 2 aromatic heterocycles. The predicted molar refractivity (Wildman–Crippen MR) is 149 cm³/mol. The lowest BCUT2D eigenvalue weighted by Gasteiger charge is -2.23. The second-order valence-electron chi connectivity index (χ2n) is 8.91. The molecule has 39 heavy (non-hydrogen) atoms. The SMILES string of the molecule is CCc1nnc(N2C(=O)c3oc4ccc(Cl)cc4c(=O)c3[C@@H]2c2ccc(OCc3ccccc3)c(OC)c2)s1. The molecule has 0 radical (unpaired) electrons. The summed E-state index contributed by atoms with van der Waals surface area (Å²) in [5.41, 5.74) is 1.80. The van der Waals surface area contributed by atoms with Crippen LogP contribution in [0.15, 0.2) is 75.9 Å². The van der Waals surface area contributed by atoms with Gasteiger partial charge < -0.3 is 13.9 Å². The van der Waals surface area contributed by atoms with Crippen LogP contribution in [0.5, 0.6) is 11.5 Å². The lowest BCUT2D eigenvalue weighted by atomic mass is 9.98. The molecule has 5 aromatic rings. The Labute approximate surface area is 232 Å². The highest BCUT2D eigenvalue weighted by Gasteiger charge is 2.45. The topological polar surface area (TPSA) is 94.8 Å². The van der Waals surface area contributed by atoms with Gasteiger partial charge in [-0.1, -0.05) is 66.3 Å². The molecule has 0 saturated carbocycles. The van der Waals surface area contributed by atoms with Gasteiger partial charge in [-0.3, -0.25) is 14.5 Å². The number of hydrogen-bond acceptors (Lipinski definition) is 8. The Bertz CT molecular complexity index is 1770. The quantitative estimate of drug-likeness (QED) is 0.234. The van der Waals surface area contributed by atoms with Gasteiger partial charge in [-0.15, -0.1) is 10.2 Å². The lowest BCUT2D eigenvalue weighted by molar-refractivity contribution is 0.0970. The molecule has 1 atom stereocenters. The Morgan fingerprint density at radius 1 is 1.03 bits per heavy atom. The van der Waals surface area contributed by atoms with Crippen LogP contribution >= 0.6 is 22.9 Å². The largest absolute Gasteiger partial charge is 0.493 e. The van der Waals surface area contributed by atoms with Crippen LogP contribution in [0.25, 0.3) is 11.0 Å². The minimum atomic E-state index is -0.818. The molecule has 196 valence electrons. The first-order valence-electron chi connectivity index (χ1n) is 12.2. The molecule has 0 saturated heterocycles. The van der Waals surface area contributed by atoms with Crippen molar-refractivity contribution in [3.05, 3.63) is 109 Å². The summed E-state index contributed by atoms with van der Waals surface area (Å²) < 4.78 is 17.7. The summed E-state index contributed by atoms with van der Waals surface area (Å²) in [6.45, 7) is 2.32. The molecule has 0 unspecified atom stereocenters. The van der Waals surface area contributed by atoms with E-state index in [0.717, 1.165) is 10.6 Å². The van der Waals surface area contributed by atoms with Gasteiger partial charge in [0.25, 0.3) is 5.91 Å². The zero-order chi connectivity index (χ0) is 27.1. The van der Waals surface area contributed by atoms with E-state index in [1.165, 1.54) is 16.2 Å². The second-order valence-corrected chi connectivity index (χ2v) is 10.4. The fraction of sp³-hybridized carbons (Fsp3) is 0.172. The van der Waals surface area contributed by atoms with Crippen molar-refractivity contribution in [3.8, 4) is 11.5 Å². The Kier molecular flexibility index (Phi) is 6.54. The predicted octanol–water partition coefficient (Wildman–Crippen LogP) is 6.20. The van der Waals surface area contributed by atoms with Crippen LogP contribution in [-0.4, -0.2) is 23.2 Å². The van der Waals surface area contributed by atoms with Crippen molar-refractivity contribution in [2.45, 2.75) is 26.0 Å². The van der Waals surface area contributed by atoms with Gasteiger partial charge in [0.1, 0.15) is 17.2 Å². The Morgan fingerprint density at radius 2 is 1.85 bits per heavy atom. The molecule has 0 fully saturated rings. The van der Waals surface area contributed by atoms with Gasteiger partial charge in [0, 0.05) is 5.02 Å². The smallest absolute Gasteiger partial charge is 0.297 e. The van der Waals surface area contributed by atoms with Crippen molar-refractivity contribution in [1.82, 2.24) is 10.2 Å². The molecule has 0 spiro atoms. The number of carbonyl (C=O) groups excluding carboxylic acids is 1. The van der Waals surface area contributed by atoms with Crippen LogP contribution in [0.2, 0.25) is 5.02 Å². The molecule has 1 amide bonds. The summed E-state index contributed by atoms with van der Waals surface area (Å²) in [5, 5.41) is 10.3. The number of rotatable bonds is 7. The van der Waals surface area contributed by atoms with Gasteiger partial charge >= 0.3 is 0 Å². The van der Waals surface area contributed by atoms with Crippen LogP contribution in [0.3, 0.4) is 0 Å². The third-order valence-electron chi connectivity index (χ3n) is 6.54. The van der Waals surface area contributed by atoms with Gasteiger partial charge in [-0.05, 0) is 47.9 Å². The standard InChI is InChI=1S/C29H22ClN3O5S/c1-3-23-31-32-29(39-23)33-25(24-26(34)19-14-18(30)10-12-20(19)38-27(24)28(33)35)17-9-11-21(22(13-17)36-2)37-15-16-7-5-4-6-8-16/h4-14,25H,3,15H2,1-2H3/t25-/m0/s1. The van der Waals surface area contributed by atoms with Crippen molar-refractivity contribution in [2.24, 2.45) is 0 Å². The number of methoxy groups -OCH3 is 1. The number of anilines is 1. The van der Waals surface area contributed by atoms with Crippen molar-refractivity contribution in [3.63, 3.8) is 0 Å². The molecular weight excluding hydrogens is 538 g/mol. The van der Waals surface area contributed by atoms with Gasteiger partial charge in [0.2, 0.25) is 10.9 Å². The van der Waals surface area contributed by atoms with Crippen LogP contribution in [0.4, 0.5) is 5.13 Å². The third-order valence-corrected chi connectivity index (χ3v) is 7.84. The number of benzene rings is 3. The summed E-state index contributed by atoms with van der Waals surface area (Å²) in [5.74, 6) is 0.495. The Hall–Kier alpha value is -4.21. The zero-order valence-electron chi connectivity index (χ0n) is 21.0. The first-order valence-corrected chi connectivity index (χ1v) is 13.4. The van der Waals surface area contributed by atoms with Gasteiger partial charge in [-0.2, -0.15) is 0 Å². The highest BCUT2D eigenvalue weighted by molar-refractivity contribution is 7.15. The molecule has 1 aliphatic rings. The van der Waals surface area contributed by atoms with E-state index in [1.54, 1.807) is 37.4 Å². The molecule has 3 heterocycles. The number of aryl methyl sites for hydroxylation is 1. The van der Waals surface area contributed by atoms with E-state index in [0.29, 0.717) is 45.6 Å². The Balaban J connectivity index is 1.49. The molecule has 8 nitrogen and oxygen atoms in total. The molecular formula is C29H22ClN3O5S. The van der Waals surface area contributed by atoms with Crippen LogP contribution in [0.1, 0.15) is 45.2 Å². The summed E-state index contributed by atoms with van der Waals surface area (Å²) in [6.07, 6.45) is 0.665. The number of carbonyl (C=O) groups is 1. The number of nitrogens with zero attached hydrogens (tertiary/aromatic N) is 3. The summed E-state index contributed by atoms with van der Waals surface area (Å²) in [4.78, 5) is 29.1. The molecule has 3 aromatic carbocycles. The lowest BCUT2D eigenvalue weighted by Crippen LogP contribution is -2.29. The summed E-state index contributed by atoms with van der Waals surface area (Å²) in [6, 6.07) is 19.1. The molecule has 6 rings (SSSR count). The van der Waals surface area contributed by atoms with E-state index >= 15 is 0 Å². The fourth-order valence-electron chi connectivity index (χ4n) is 4.65. The van der Waals surface area contributed by atoms with Crippen molar-refractivity contribution in [1.29, 1.82) is 0 Å². The third kappa shape index (κ3) is 4.43. The monoisotopic (exact) mass is 559 g/mol. The van der Waals surface area contributed by atoms with E-state index in [1.807, 2.05) is 43.3 Å². The number of halogens is 1. The maximum Gasteiger partial charge on any atom is 0.297 e. The molecule has 1 aliphatic heterocycles. The van der Waals surface area contributed by atoms with E-state index in [-0.39, 0.29) is 22.3 Å². The van der Waals surface area contributed by atoms with Gasteiger partial charge in [-0.25, -0.2) is 0 Å². The van der Waals surface area contributed by atoms with E-state index in [2.05, 4.69) is 10.2 Å². The van der Waals surface area contributed by atoms with E-state index < -0.39 is 11.9 Å². The summed E-state index contributed by atoms with van der Waals surface area (Å²) in [7, 11) is 1.54. The van der Waals surface area contributed by atoms with Crippen LogP contribution in [0, 0.1) is 0 Å². The van der Waals surface area contributed by atoms with Gasteiger partial charge in [0.15, 0.2) is 16.9 Å². The number of hydrogen-bond donors (Lipinski definition) is 0. The maximum atomic E-state index is 13.8. The van der Waals surface area contributed by atoms with Gasteiger partial charge in [0.05, 0.1) is 24.1 Å².